The Bertz CT molecular complexity index is 881. The van der Waals surface area contributed by atoms with Gasteiger partial charge in [-0.1, -0.05) is 66.7 Å². The van der Waals surface area contributed by atoms with Crippen molar-refractivity contribution < 1.29 is 9.59 Å². The fraction of sp³-hybridized carbons (Fsp3) is 0.348. The number of amides is 2. The summed E-state index contributed by atoms with van der Waals surface area (Å²) in [5.41, 5.74) is 3.14. The summed E-state index contributed by atoms with van der Waals surface area (Å²) in [6, 6.07) is 18.0. The zero-order chi connectivity index (χ0) is 20.8. The van der Waals surface area contributed by atoms with Crippen LogP contribution in [0.2, 0.25) is 0 Å². The van der Waals surface area contributed by atoms with E-state index in [1.165, 1.54) is 17.3 Å². The molecule has 1 N–H and O–H groups in total. The highest BCUT2D eigenvalue weighted by molar-refractivity contribution is 8.15. The zero-order valence-electron chi connectivity index (χ0n) is 17.1. The Labute approximate surface area is 176 Å². The summed E-state index contributed by atoms with van der Waals surface area (Å²) < 4.78 is 0. The lowest BCUT2D eigenvalue weighted by molar-refractivity contribution is -0.120. The van der Waals surface area contributed by atoms with E-state index >= 15 is 0 Å². The van der Waals surface area contributed by atoms with Gasteiger partial charge in [-0.3, -0.25) is 19.5 Å². The van der Waals surface area contributed by atoms with E-state index in [1.807, 2.05) is 56.3 Å². The van der Waals surface area contributed by atoms with Gasteiger partial charge in [-0.25, -0.2) is 0 Å². The van der Waals surface area contributed by atoms with E-state index in [1.54, 1.807) is 4.90 Å². The van der Waals surface area contributed by atoms with Crippen molar-refractivity contribution >= 4 is 34.4 Å². The van der Waals surface area contributed by atoms with Gasteiger partial charge in [0.1, 0.15) is 6.54 Å². The van der Waals surface area contributed by atoms with Crippen molar-refractivity contribution in [2.75, 3.05) is 18.0 Å². The Morgan fingerprint density at radius 2 is 1.86 bits per heavy atom. The molecule has 0 radical (unpaired) electrons. The minimum Gasteiger partial charge on any atom is -0.355 e. The van der Waals surface area contributed by atoms with Gasteiger partial charge in [-0.15, -0.1) is 0 Å². The van der Waals surface area contributed by atoms with E-state index in [-0.39, 0.29) is 29.5 Å². The van der Waals surface area contributed by atoms with Crippen molar-refractivity contribution in [1.29, 1.82) is 0 Å². The van der Waals surface area contributed by atoms with E-state index in [0.29, 0.717) is 11.7 Å². The molecule has 0 bridgehead atoms. The molecule has 0 saturated carbocycles. The molecule has 3 rings (SSSR count). The number of hydrogen-bond donors (Lipinski definition) is 1. The molecule has 2 aromatic carbocycles. The summed E-state index contributed by atoms with van der Waals surface area (Å²) in [5.74, 6) is 0.168. The Hall–Kier alpha value is -2.60. The van der Waals surface area contributed by atoms with Crippen LogP contribution in [-0.2, 0) is 9.59 Å². The molecule has 5 nitrogen and oxygen atoms in total. The summed E-state index contributed by atoms with van der Waals surface area (Å²) in [6.07, 6.45) is 0.953. The first-order chi connectivity index (χ1) is 14.0. The molecule has 0 aromatic heterocycles. The molecular formula is C23H27N3O2S. The van der Waals surface area contributed by atoms with Crippen LogP contribution in [0.1, 0.15) is 37.3 Å². The number of anilines is 1. The van der Waals surface area contributed by atoms with E-state index in [0.717, 1.165) is 17.7 Å². The molecule has 2 amide bonds. The predicted molar refractivity (Wildman–Crippen MR) is 121 cm³/mol. The Morgan fingerprint density at radius 3 is 2.52 bits per heavy atom. The lowest BCUT2D eigenvalue weighted by atomic mass is 9.96. The molecule has 152 valence electrons. The molecular weight excluding hydrogens is 382 g/mol. The normalized spacial score (nSPS) is 15.8. The molecule has 0 fully saturated rings. The van der Waals surface area contributed by atoms with Crippen LogP contribution in [0, 0.1) is 6.92 Å². The van der Waals surface area contributed by atoms with Crippen LogP contribution in [0.15, 0.2) is 59.6 Å². The third kappa shape index (κ3) is 5.26. The van der Waals surface area contributed by atoms with Gasteiger partial charge in [0.15, 0.2) is 5.17 Å². The molecule has 0 aliphatic carbocycles. The number of aliphatic imine (C=N–C) groups is 1. The second-order valence-electron chi connectivity index (χ2n) is 7.18. The monoisotopic (exact) mass is 409 g/mol. The van der Waals surface area contributed by atoms with E-state index in [2.05, 4.69) is 29.4 Å². The molecule has 0 saturated heterocycles. The Morgan fingerprint density at radius 1 is 1.17 bits per heavy atom. The van der Waals surface area contributed by atoms with Gasteiger partial charge in [0.25, 0.3) is 5.91 Å². The standard InChI is InChI=1S/C23H27N3O2S/c1-4-18(19-8-6-5-7-9-19)14-24-22(28)17(3)29-23-25-15-21(27)26(23)20-12-10-16(2)11-13-20/h5-13,17-18H,4,14-15H2,1-3H3,(H,24,28)/t17-,18+/m0/s1. The SMILES string of the molecule is CC[C@H](CNC(=O)[C@H](C)SC1=NCC(=O)N1c1ccc(C)cc1)c1ccccc1. The average molecular weight is 410 g/mol. The van der Waals surface area contributed by atoms with Crippen LogP contribution in [0.25, 0.3) is 0 Å². The fourth-order valence-corrected chi connectivity index (χ4v) is 4.18. The molecule has 0 spiro atoms. The quantitative estimate of drug-likeness (QED) is 0.748. The number of amidine groups is 1. The van der Waals surface area contributed by atoms with Crippen LogP contribution >= 0.6 is 11.8 Å². The smallest absolute Gasteiger partial charge is 0.254 e. The predicted octanol–water partition coefficient (Wildman–Crippen LogP) is 4.13. The number of nitrogens with zero attached hydrogens (tertiary/aromatic N) is 2. The Balaban J connectivity index is 1.60. The maximum absolute atomic E-state index is 12.7. The molecule has 1 aliphatic rings. The van der Waals surface area contributed by atoms with Crippen molar-refractivity contribution in [3.8, 4) is 0 Å². The summed E-state index contributed by atoms with van der Waals surface area (Å²) in [6.45, 7) is 6.70. The number of hydrogen-bond acceptors (Lipinski definition) is 4. The second kappa shape index (κ2) is 9.74. The fourth-order valence-electron chi connectivity index (χ4n) is 3.22. The summed E-state index contributed by atoms with van der Waals surface area (Å²) in [4.78, 5) is 30.9. The number of rotatable bonds is 7. The Kier molecular flexibility index (Phi) is 7.09. The molecule has 0 unspecified atom stereocenters. The first kappa shape index (κ1) is 21.1. The third-order valence-electron chi connectivity index (χ3n) is 5.02. The number of carbonyl (C=O) groups excluding carboxylic acids is 2. The zero-order valence-corrected chi connectivity index (χ0v) is 17.9. The lowest BCUT2D eigenvalue weighted by Gasteiger charge is -2.21. The highest BCUT2D eigenvalue weighted by Crippen LogP contribution is 2.27. The minimum atomic E-state index is -0.346. The lowest BCUT2D eigenvalue weighted by Crippen LogP contribution is -2.37. The van der Waals surface area contributed by atoms with Gasteiger partial charge < -0.3 is 5.32 Å². The van der Waals surface area contributed by atoms with Crippen molar-refractivity contribution in [3.63, 3.8) is 0 Å². The average Bonchev–Trinajstić information content (AvgIpc) is 3.09. The minimum absolute atomic E-state index is 0.0460. The summed E-state index contributed by atoms with van der Waals surface area (Å²) in [5, 5.41) is 3.29. The summed E-state index contributed by atoms with van der Waals surface area (Å²) in [7, 11) is 0. The second-order valence-corrected chi connectivity index (χ2v) is 8.49. The molecule has 1 heterocycles. The van der Waals surface area contributed by atoms with Crippen LogP contribution in [0.4, 0.5) is 5.69 Å². The molecule has 1 aliphatic heterocycles. The van der Waals surface area contributed by atoms with Crippen molar-refractivity contribution in [1.82, 2.24) is 5.32 Å². The number of nitrogens with one attached hydrogen (secondary N) is 1. The van der Waals surface area contributed by atoms with Crippen LogP contribution in [-0.4, -0.2) is 35.3 Å². The number of thioether (sulfide) groups is 1. The largest absolute Gasteiger partial charge is 0.355 e. The van der Waals surface area contributed by atoms with E-state index in [4.69, 9.17) is 0 Å². The van der Waals surface area contributed by atoms with Crippen LogP contribution in [0.3, 0.4) is 0 Å². The molecule has 6 heteroatoms. The highest BCUT2D eigenvalue weighted by atomic mass is 32.2. The van der Waals surface area contributed by atoms with Gasteiger partial charge in [-0.2, -0.15) is 0 Å². The first-order valence-corrected chi connectivity index (χ1v) is 10.8. The van der Waals surface area contributed by atoms with E-state index < -0.39 is 0 Å². The van der Waals surface area contributed by atoms with Crippen molar-refractivity contribution in [2.24, 2.45) is 4.99 Å². The van der Waals surface area contributed by atoms with Crippen LogP contribution < -0.4 is 10.2 Å². The summed E-state index contributed by atoms with van der Waals surface area (Å²) >= 11 is 1.32. The topological polar surface area (TPSA) is 61.8 Å². The number of benzene rings is 2. The first-order valence-electron chi connectivity index (χ1n) is 9.93. The van der Waals surface area contributed by atoms with Gasteiger partial charge in [0, 0.05) is 12.5 Å². The number of aryl methyl sites for hydroxylation is 1. The van der Waals surface area contributed by atoms with Gasteiger partial charge in [0.2, 0.25) is 5.91 Å². The maximum atomic E-state index is 12.7. The number of carbonyl (C=O) groups is 2. The van der Waals surface area contributed by atoms with Gasteiger partial charge in [-0.05, 0) is 38.0 Å². The molecule has 2 aromatic rings. The van der Waals surface area contributed by atoms with Crippen LogP contribution in [0.5, 0.6) is 0 Å². The van der Waals surface area contributed by atoms with Gasteiger partial charge in [0.05, 0.1) is 10.9 Å². The molecule has 2 atom stereocenters. The third-order valence-corrected chi connectivity index (χ3v) is 6.11. The van der Waals surface area contributed by atoms with E-state index in [9.17, 15) is 9.59 Å². The maximum Gasteiger partial charge on any atom is 0.254 e. The van der Waals surface area contributed by atoms with Gasteiger partial charge >= 0.3 is 0 Å². The highest BCUT2D eigenvalue weighted by Gasteiger charge is 2.30. The molecule has 29 heavy (non-hydrogen) atoms. The van der Waals surface area contributed by atoms with Crippen molar-refractivity contribution in [2.45, 2.75) is 38.4 Å². The van der Waals surface area contributed by atoms with Crippen molar-refractivity contribution in [3.05, 3.63) is 65.7 Å².